The van der Waals surface area contributed by atoms with Crippen molar-refractivity contribution in [2.24, 2.45) is 0 Å². The maximum atomic E-state index is 14.7. The van der Waals surface area contributed by atoms with Crippen molar-refractivity contribution in [3.63, 3.8) is 0 Å². The van der Waals surface area contributed by atoms with Crippen LogP contribution in [0.5, 0.6) is 0 Å². The van der Waals surface area contributed by atoms with Crippen LogP contribution >= 0.6 is 0 Å². The molecule has 0 fully saturated rings. The van der Waals surface area contributed by atoms with E-state index >= 15 is 0 Å². The fraction of sp³-hybridized carbons (Fsp3) is 0.0328. The normalized spacial score (nSPS) is 12.6. The van der Waals surface area contributed by atoms with Gasteiger partial charge in [0.15, 0.2) is 0 Å². The van der Waals surface area contributed by atoms with E-state index in [9.17, 15) is 26.3 Å². The lowest BCUT2D eigenvalue weighted by Gasteiger charge is -2.17. The molecule has 0 aliphatic carbocycles. The highest BCUT2D eigenvalue weighted by atomic mass is 19.4. The highest BCUT2D eigenvalue weighted by molar-refractivity contribution is 6.14. The second-order valence-electron chi connectivity index (χ2n) is 18.2. The van der Waals surface area contributed by atoms with Gasteiger partial charge in [0.05, 0.1) is 55.3 Å². The number of pyridine rings is 1. The van der Waals surface area contributed by atoms with Crippen molar-refractivity contribution in [3.05, 3.63) is 223 Å². The largest absolute Gasteiger partial charge is 0.416 e. The van der Waals surface area contributed by atoms with E-state index in [0.717, 1.165) is 111 Å². The highest BCUT2D eigenvalue weighted by Crippen LogP contribution is 2.43. The molecular weight excluding hydrogens is 917 g/mol. The molecule has 0 radical (unpaired) electrons. The van der Waals surface area contributed by atoms with Gasteiger partial charge in [-0.25, -0.2) is 4.98 Å². The molecule has 14 aromatic rings. The Morgan fingerprint density at radius 2 is 0.542 bits per heavy atom. The lowest BCUT2D eigenvalue weighted by atomic mass is 9.99. The molecule has 0 unspecified atom stereocenters. The standard InChI is InChI=1S/C61H35F6N5/c62-60(63,64)38-29-36(30-39(33-38)61(65,66)67)37-31-58(71-54-23-11-5-17-46(54)48-27-25-40(34-56(48)71)69-50-19-7-1-13-42(50)43-14-2-8-20-51(43)69)68-59(32-37)72-55-24-12-6-18-47(55)49-28-26-41(35-57(49)72)70-52-21-9-3-15-44(52)45-16-4-10-22-53(45)70/h1-35H. The van der Waals surface area contributed by atoms with E-state index < -0.39 is 23.5 Å². The van der Waals surface area contributed by atoms with Crippen LogP contribution in [0.4, 0.5) is 26.3 Å². The van der Waals surface area contributed by atoms with Crippen LogP contribution in [0, 0.1) is 0 Å². The van der Waals surface area contributed by atoms with Gasteiger partial charge in [-0.15, -0.1) is 0 Å². The molecule has 0 spiro atoms. The van der Waals surface area contributed by atoms with Gasteiger partial charge in [-0.05, 0) is 102 Å². The van der Waals surface area contributed by atoms with Crippen molar-refractivity contribution in [2.45, 2.75) is 12.4 Å². The van der Waals surface area contributed by atoms with E-state index in [4.69, 9.17) is 4.98 Å². The van der Waals surface area contributed by atoms with Gasteiger partial charge in [0.1, 0.15) is 11.6 Å². The van der Waals surface area contributed by atoms with E-state index in [2.05, 4.69) is 94.1 Å². The topological polar surface area (TPSA) is 32.6 Å². The third-order valence-corrected chi connectivity index (χ3v) is 14.2. The maximum Gasteiger partial charge on any atom is 0.416 e. The first-order chi connectivity index (χ1) is 35.0. The van der Waals surface area contributed by atoms with Crippen molar-refractivity contribution >= 4 is 87.2 Å². The molecule has 0 saturated carbocycles. The van der Waals surface area contributed by atoms with Crippen molar-refractivity contribution in [1.82, 2.24) is 23.3 Å². The molecule has 9 aromatic carbocycles. The molecule has 346 valence electrons. The van der Waals surface area contributed by atoms with Crippen LogP contribution in [0.2, 0.25) is 0 Å². The second kappa shape index (κ2) is 15.2. The number of aromatic nitrogens is 5. The Hall–Kier alpha value is -9.09. The van der Waals surface area contributed by atoms with Crippen LogP contribution < -0.4 is 0 Å². The summed E-state index contributed by atoms with van der Waals surface area (Å²) in [5.74, 6) is 0.590. The number of para-hydroxylation sites is 6. The molecule has 0 aliphatic rings. The Balaban J connectivity index is 1.09. The molecule has 5 heterocycles. The number of benzene rings is 9. The monoisotopic (exact) mass is 951 g/mol. The summed E-state index contributed by atoms with van der Waals surface area (Å²) in [4.78, 5) is 5.44. The predicted molar refractivity (Wildman–Crippen MR) is 277 cm³/mol. The third kappa shape index (κ3) is 6.26. The first-order valence-corrected chi connectivity index (χ1v) is 23.3. The second-order valence-corrected chi connectivity index (χ2v) is 18.2. The first kappa shape index (κ1) is 41.8. The van der Waals surface area contributed by atoms with Gasteiger partial charge < -0.3 is 9.13 Å². The van der Waals surface area contributed by atoms with E-state index in [1.165, 1.54) is 0 Å². The van der Waals surface area contributed by atoms with E-state index in [1.54, 1.807) is 12.1 Å². The molecule has 11 heteroatoms. The number of halogens is 6. The lowest BCUT2D eigenvalue weighted by Crippen LogP contribution is -2.11. The number of alkyl halides is 6. The molecule has 72 heavy (non-hydrogen) atoms. The minimum absolute atomic E-state index is 0.112. The summed E-state index contributed by atoms with van der Waals surface area (Å²) >= 11 is 0. The number of nitrogens with zero attached hydrogens (tertiary/aromatic N) is 5. The highest BCUT2D eigenvalue weighted by Gasteiger charge is 2.37. The Morgan fingerprint density at radius 3 is 0.861 bits per heavy atom. The molecule has 0 atom stereocenters. The molecule has 0 aliphatic heterocycles. The summed E-state index contributed by atoms with van der Waals surface area (Å²) in [6, 6.07) is 65.7. The molecule has 5 aromatic heterocycles. The summed E-state index contributed by atoms with van der Waals surface area (Å²) in [5, 5.41) is 7.88. The number of hydrogen-bond acceptors (Lipinski definition) is 1. The zero-order valence-electron chi connectivity index (χ0n) is 37.7. The smallest absolute Gasteiger partial charge is 0.309 e. The van der Waals surface area contributed by atoms with Crippen LogP contribution in [0.3, 0.4) is 0 Å². The van der Waals surface area contributed by atoms with Crippen LogP contribution in [0.1, 0.15) is 11.1 Å². The molecule has 0 bridgehead atoms. The molecule has 0 amide bonds. The average molecular weight is 952 g/mol. The van der Waals surface area contributed by atoms with Crippen LogP contribution in [-0.2, 0) is 12.4 Å². The number of rotatable bonds is 5. The van der Waals surface area contributed by atoms with Crippen molar-refractivity contribution < 1.29 is 26.3 Å². The predicted octanol–water partition coefficient (Wildman–Crippen LogP) is 17.2. The first-order valence-electron chi connectivity index (χ1n) is 23.3. The van der Waals surface area contributed by atoms with Gasteiger partial charge in [-0.2, -0.15) is 26.3 Å². The molecule has 0 saturated heterocycles. The fourth-order valence-electron chi connectivity index (χ4n) is 11.1. The Bertz CT molecular complexity index is 4180. The van der Waals surface area contributed by atoms with Crippen molar-refractivity contribution in [1.29, 1.82) is 0 Å². The average Bonchev–Trinajstić information content (AvgIpc) is 4.12. The van der Waals surface area contributed by atoms with E-state index in [1.807, 2.05) is 106 Å². The minimum atomic E-state index is -5.07. The molecule has 5 nitrogen and oxygen atoms in total. The number of hydrogen-bond donors (Lipinski definition) is 0. The lowest BCUT2D eigenvalue weighted by molar-refractivity contribution is -0.143. The zero-order chi connectivity index (χ0) is 48.6. The quantitative estimate of drug-likeness (QED) is 0.158. The third-order valence-electron chi connectivity index (χ3n) is 14.2. The zero-order valence-corrected chi connectivity index (χ0v) is 37.7. The van der Waals surface area contributed by atoms with Crippen LogP contribution in [-0.4, -0.2) is 23.3 Å². The van der Waals surface area contributed by atoms with Gasteiger partial charge in [0.25, 0.3) is 0 Å². The molecule has 14 rings (SSSR count). The van der Waals surface area contributed by atoms with Gasteiger partial charge >= 0.3 is 12.4 Å². The van der Waals surface area contributed by atoms with Crippen molar-refractivity contribution in [2.75, 3.05) is 0 Å². The Labute approximate surface area is 405 Å². The molecular formula is C61H35F6N5. The molecule has 0 N–H and O–H groups in total. The summed E-state index contributed by atoms with van der Waals surface area (Å²) in [6.45, 7) is 0. The number of fused-ring (bicyclic) bond motifs is 12. The summed E-state index contributed by atoms with van der Waals surface area (Å²) < 4.78 is 96.3. The summed E-state index contributed by atoms with van der Waals surface area (Å²) in [6.07, 6.45) is -10.1. The van der Waals surface area contributed by atoms with Gasteiger partial charge in [0.2, 0.25) is 0 Å². The van der Waals surface area contributed by atoms with Gasteiger partial charge in [0, 0.05) is 54.5 Å². The van der Waals surface area contributed by atoms with Crippen LogP contribution in [0.25, 0.3) is 121 Å². The van der Waals surface area contributed by atoms with Gasteiger partial charge in [-0.3, -0.25) is 9.13 Å². The van der Waals surface area contributed by atoms with E-state index in [-0.39, 0.29) is 17.2 Å². The van der Waals surface area contributed by atoms with E-state index in [0.29, 0.717) is 11.6 Å². The summed E-state index contributed by atoms with van der Waals surface area (Å²) in [5.41, 5.74) is 5.71. The Morgan fingerprint density at radius 1 is 0.264 bits per heavy atom. The minimum Gasteiger partial charge on any atom is -0.309 e. The maximum absolute atomic E-state index is 14.7. The van der Waals surface area contributed by atoms with Crippen LogP contribution in [0.15, 0.2) is 212 Å². The SMILES string of the molecule is FC(F)(F)c1cc(-c2cc(-n3c4ccccc4c4ccc(-n5c6ccccc6c6ccccc65)cc43)nc(-n3c4ccccc4c4ccc(-n5c6ccccc6c6ccccc65)cc43)c2)cc(C(F)(F)F)c1. The summed E-state index contributed by atoms with van der Waals surface area (Å²) in [7, 11) is 0. The van der Waals surface area contributed by atoms with Gasteiger partial charge in [-0.1, -0.05) is 121 Å². The van der Waals surface area contributed by atoms with Crippen molar-refractivity contribution in [3.8, 4) is 34.1 Å². The fourth-order valence-corrected chi connectivity index (χ4v) is 11.1. The Kier molecular flexibility index (Phi) is 8.84.